The number of hydrogen-bond donors (Lipinski definition) is 1. The number of amides is 1. The molecule has 1 aromatic carbocycles. The molecule has 1 aliphatic heterocycles. The average molecular weight is 286 g/mol. The molecule has 5 nitrogen and oxygen atoms in total. The largest absolute Gasteiger partial charge is 0.453 e. The zero-order chi connectivity index (χ0) is 14.8. The van der Waals surface area contributed by atoms with Gasteiger partial charge in [0.2, 0.25) is 11.7 Å². The van der Waals surface area contributed by atoms with Gasteiger partial charge in [-0.3, -0.25) is 14.5 Å². The number of carbonyl (C=O) groups excluding carboxylic acids is 2. The standard InChI is InChI=1S/C16H18N2O3/c17-16(20)12-6-3-4-8-18(12)10-13(19)15-9-11-5-1-2-7-14(11)21-15/h1-2,5,7,9,12H,3-4,6,8,10H2,(H2,17,20). The van der Waals surface area contributed by atoms with Crippen LogP contribution in [0.3, 0.4) is 0 Å². The quantitative estimate of drug-likeness (QED) is 0.872. The first-order valence-electron chi connectivity index (χ1n) is 7.20. The zero-order valence-electron chi connectivity index (χ0n) is 11.7. The SMILES string of the molecule is NC(=O)C1CCCCN1CC(=O)c1cc2ccccc2o1. The summed E-state index contributed by atoms with van der Waals surface area (Å²) in [6.07, 6.45) is 2.68. The lowest BCUT2D eigenvalue weighted by atomic mass is 10.0. The summed E-state index contributed by atoms with van der Waals surface area (Å²) >= 11 is 0. The van der Waals surface area contributed by atoms with Gasteiger partial charge < -0.3 is 10.2 Å². The first-order valence-corrected chi connectivity index (χ1v) is 7.20. The van der Waals surface area contributed by atoms with Crippen molar-refractivity contribution >= 4 is 22.7 Å². The minimum atomic E-state index is -0.355. The van der Waals surface area contributed by atoms with Crippen LogP contribution in [0.2, 0.25) is 0 Å². The van der Waals surface area contributed by atoms with Crippen LogP contribution in [0.25, 0.3) is 11.0 Å². The van der Waals surface area contributed by atoms with E-state index in [1.165, 1.54) is 0 Å². The van der Waals surface area contributed by atoms with Gasteiger partial charge in [0.25, 0.3) is 0 Å². The Hall–Kier alpha value is -2.14. The van der Waals surface area contributed by atoms with Gasteiger partial charge in [-0.25, -0.2) is 0 Å². The molecular weight excluding hydrogens is 268 g/mol. The highest BCUT2D eigenvalue weighted by atomic mass is 16.3. The lowest BCUT2D eigenvalue weighted by Crippen LogP contribution is -2.49. The van der Waals surface area contributed by atoms with Crippen molar-refractivity contribution < 1.29 is 14.0 Å². The molecule has 110 valence electrons. The summed E-state index contributed by atoms with van der Waals surface area (Å²) in [5, 5.41) is 0.908. The first kappa shape index (κ1) is 13.8. The third-order valence-corrected chi connectivity index (χ3v) is 3.99. The highest BCUT2D eigenvalue weighted by molar-refractivity contribution is 5.99. The molecule has 1 atom stereocenters. The number of likely N-dealkylation sites (tertiary alicyclic amines) is 1. The molecule has 0 radical (unpaired) electrons. The molecule has 1 fully saturated rings. The van der Waals surface area contributed by atoms with E-state index in [9.17, 15) is 9.59 Å². The maximum absolute atomic E-state index is 12.4. The molecule has 1 aliphatic rings. The maximum atomic E-state index is 12.4. The lowest BCUT2D eigenvalue weighted by molar-refractivity contribution is -0.124. The van der Waals surface area contributed by atoms with Crippen molar-refractivity contribution in [1.82, 2.24) is 4.90 Å². The predicted molar refractivity (Wildman–Crippen MR) is 79.0 cm³/mol. The fourth-order valence-corrected chi connectivity index (χ4v) is 2.88. The van der Waals surface area contributed by atoms with Gasteiger partial charge in [0.05, 0.1) is 12.6 Å². The number of para-hydroxylation sites is 1. The Morgan fingerprint density at radius 1 is 1.29 bits per heavy atom. The summed E-state index contributed by atoms with van der Waals surface area (Å²) in [4.78, 5) is 25.7. The van der Waals surface area contributed by atoms with Crippen LogP contribution in [0.15, 0.2) is 34.7 Å². The maximum Gasteiger partial charge on any atom is 0.234 e. The molecule has 3 rings (SSSR count). The number of ketones is 1. The Morgan fingerprint density at radius 3 is 2.86 bits per heavy atom. The van der Waals surface area contributed by atoms with Gasteiger partial charge in [0.15, 0.2) is 5.76 Å². The van der Waals surface area contributed by atoms with Gasteiger partial charge in [-0.05, 0) is 31.5 Å². The Kier molecular flexibility index (Phi) is 3.75. The third kappa shape index (κ3) is 2.83. The van der Waals surface area contributed by atoms with Gasteiger partial charge >= 0.3 is 0 Å². The van der Waals surface area contributed by atoms with Crippen LogP contribution in [0, 0.1) is 0 Å². The third-order valence-electron chi connectivity index (χ3n) is 3.99. The van der Waals surface area contributed by atoms with E-state index in [1.54, 1.807) is 6.07 Å². The number of hydrogen-bond acceptors (Lipinski definition) is 4. The molecule has 0 spiro atoms. The van der Waals surface area contributed by atoms with Crippen LogP contribution >= 0.6 is 0 Å². The molecule has 0 bridgehead atoms. The second kappa shape index (κ2) is 5.69. The lowest BCUT2D eigenvalue weighted by Gasteiger charge is -2.32. The van der Waals surface area contributed by atoms with Gasteiger partial charge in [-0.1, -0.05) is 24.6 Å². The number of rotatable bonds is 4. The highest BCUT2D eigenvalue weighted by Gasteiger charge is 2.29. The van der Waals surface area contributed by atoms with E-state index >= 15 is 0 Å². The number of primary amides is 1. The Bertz CT molecular complexity index is 644. The molecule has 2 heterocycles. The van der Waals surface area contributed by atoms with Crippen LogP contribution in [0.5, 0.6) is 0 Å². The first-order chi connectivity index (χ1) is 10.1. The normalized spacial score (nSPS) is 19.7. The monoisotopic (exact) mass is 286 g/mol. The molecule has 5 heteroatoms. The zero-order valence-corrected chi connectivity index (χ0v) is 11.7. The molecule has 1 amide bonds. The molecule has 0 saturated carbocycles. The Labute approximate surface area is 122 Å². The number of furan rings is 1. The van der Waals surface area contributed by atoms with Gasteiger partial charge in [0.1, 0.15) is 5.58 Å². The second-order valence-electron chi connectivity index (χ2n) is 5.46. The van der Waals surface area contributed by atoms with Crippen molar-refractivity contribution in [1.29, 1.82) is 0 Å². The van der Waals surface area contributed by atoms with Crippen molar-refractivity contribution in [3.63, 3.8) is 0 Å². The minimum absolute atomic E-state index is 0.112. The number of Topliss-reactive ketones (excluding diaryl/α,β-unsaturated/α-hetero) is 1. The summed E-state index contributed by atoms with van der Waals surface area (Å²) < 4.78 is 5.57. The number of fused-ring (bicyclic) bond motifs is 1. The summed E-state index contributed by atoms with van der Waals surface area (Å²) in [5.41, 5.74) is 6.12. The summed E-state index contributed by atoms with van der Waals surface area (Å²) in [5.74, 6) is -0.128. The number of nitrogens with zero attached hydrogens (tertiary/aromatic N) is 1. The van der Waals surface area contributed by atoms with Crippen molar-refractivity contribution in [2.75, 3.05) is 13.1 Å². The summed E-state index contributed by atoms with van der Waals surface area (Å²) in [7, 11) is 0. The van der Waals surface area contributed by atoms with Crippen molar-refractivity contribution in [3.8, 4) is 0 Å². The summed E-state index contributed by atoms with van der Waals surface area (Å²) in [6, 6.07) is 8.92. The van der Waals surface area contributed by atoms with Gasteiger partial charge in [-0.2, -0.15) is 0 Å². The van der Waals surface area contributed by atoms with Crippen molar-refractivity contribution in [2.45, 2.75) is 25.3 Å². The van der Waals surface area contributed by atoms with Crippen LogP contribution in [0.1, 0.15) is 29.8 Å². The van der Waals surface area contributed by atoms with E-state index in [1.807, 2.05) is 29.2 Å². The van der Waals surface area contributed by atoms with E-state index in [2.05, 4.69) is 0 Å². The van der Waals surface area contributed by atoms with E-state index in [-0.39, 0.29) is 24.3 Å². The minimum Gasteiger partial charge on any atom is -0.453 e. The van der Waals surface area contributed by atoms with Gasteiger partial charge in [-0.15, -0.1) is 0 Å². The summed E-state index contributed by atoms with van der Waals surface area (Å²) in [6.45, 7) is 0.896. The van der Waals surface area contributed by atoms with Crippen LogP contribution in [0.4, 0.5) is 0 Å². The molecule has 0 aliphatic carbocycles. The topological polar surface area (TPSA) is 76.5 Å². The molecule has 1 unspecified atom stereocenters. The van der Waals surface area contributed by atoms with E-state index in [0.717, 1.165) is 31.2 Å². The van der Waals surface area contributed by atoms with E-state index < -0.39 is 0 Å². The molecule has 2 aromatic rings. The van der Waals surface area contributed by atoms with E-state index in [0.29, 0.717) is 11.3 Å². The Morgan fingerprint density at radius 2 is 2.10 bits per heavy atom. The molecule has 21 heavy (non-hydrogen) atoms. The fraction of sp³-hybridized carbons (Fsp3) is 0.375. The van der Waals surface area contributed by atoms with Crippen LogP contribution in [-0.4, -0.2) is 35.7 Å². The second-order valence-corrected chi connectivity index (χ2v) is 5.46. The molecule has 1 saturated heterocycles. The Balaban J connectivity index is 1.77. The molecule has 1 aromatic heterocycles. The molecular formula is C16H18N2O3. The fourth-order valence-electron chi connectivity index (χ4n) is 2.88. The number of nitrogens with two attached hydrogens (primary N) is 1. The van der Waals surface area contributed by atoms with Crippen molar-refractivity contribution in [3.05, 3.63) is 36.1 Å². The van der Waals surface area contributed by atoms with E-state index in [4.69, 9.17) is 10.2 Å². The van der Waals surface area contributed by atoms with Gasteiger partial charge in [0, 0.05) is 5.39 Å². The number of piperidine rings is 1. The smallest absolute Gasteiger partial charge is 0.234 e. The predicted octanol–water partition coefficient (Wildman–Crippen LogP) is 1.96. The van der Waals surface area contributed by atoms with Crippen LogP contribution < -0.4 is 5.73 Å². The molecule has 2 N–H and O–H groups in total. The highest BCUT2D eigenvalue weighted by Crippen LogP contribution is 2.21. The number of carbonyl (C=O) groups is 2. The van der Waals surface area contributed by atoms with Crippen LogP contribution in [-0.2, 0) is 4.79 Å². The van der Waals surface area contributed by atoms with Crippen molar-refractivity contribution in [2.24, 2.45) is 5.73 Å². The number of benzene rings is 1. The average Bonchev–Trinajstić information content (AvgIpc) is 2.91.